The molecule has 9 nitrogen and oxygen atoms in total. The molecule has 0 unspecified atom stereocenters. The molecule has 0 radical (unpaired) electrons. The lowest BCUT2D eigenvalue weighted by Gasteiger charge is -2.19. The number of aromatic amines is 1. The van der Waals surface area contributed by atoms with Crippen molar-refractivity contribution in [2.24, 2.45) is 0 Å². The minimum Gasteiger partial charge on any atom is -0.443 e. The van der Waals surface area contributed by atoms with E-state index in [1.807, 2.05) is 36.8 Å². The third-order valence-corrected chi connectivity index (χ3v) is 5.59. The first-order valence-electron chi connectivity index (χ1n) is 9.94. The highest BCUT2D eigenvalue weighted by Gasteiger charge is 2.21. The van der Waals surface area contributed by atoms with Gasteiger partial charge in [0.2, 0.25) is 0 Å². The zero-order chi connectivity index (χ0) is 23.7. The van der Waals surface area contributed by atoms with E-state index in [0.717, 1.165) is 22.1 Å². The summed E-state index contributed by atoms with van der Waals surface area (Å²) < 4.78 is 33.6. The van der Waals surface area contributed by atoms with Crippen LogP contribution < -0.4 is 15.0 Å². The van der Waals surface area contributed by atoms with Crippen LogP contribution in [0.25, 0.3) is 10.8 Å². The molecule has 3 rings (SSSR count). The average molecular weight is 459 g/mol. The van der Waals surface area contributed by atoms with E-state index in [9.17, 15) is 18.0 Å². The van der Waals surface area contributed by atoms with Crippen LogP contribution in [0, 0.1) is 13.8 Å². The quantitative estimate of drug-likeness (QED) is 0.538. The van der Waals surface area contributed by atoms with Gasteiger partial charge in [0.25, 0.3) is 5.56 Å². The van der Waals surface area contributed by atoms with E-state index in [2.05, 4.69) is 14.9 Å². The number of anilines is 1. The maximum absolute atomic E-state index is 12.3. The lowest BCUT2D eigenvalue weighted by atomic mass is 10.00. The second-order valence-electron chi connectivity index (χ2n) is 8.57. The van der Waals surface area contributed by atoms with Gasteiger partial charge in [-0.3, -0.25) is 9.52 Å². The van der Waals surface area contributed by atoms with Crippen LogP contribution >= 0.6 is 0 Å². The van der Waals surface area contributed by atoms with Gasteiger partial charge in [0, 0.05) is 11.8 Å². The number of fused-ring (bicyclic) bond motifs is 1. The first kappa shape index (κ1) is 23.3. The van der Waals surface area contributed by atoms with Crippen molar-refractivity contribution >= 4 is 32.8 Å². The summed E-state index contributed by atoms with van der Waals surface area (Å²) in [5.74, 6) is 0. The van der Waals surface area contributed by atoms with Crippen molar-refractivity contribution in [1.29, 1.82) is 0 Å². The van der Waals surface area contributed by atoms with E-state index in [4.69, 9.17) is 4.74 Å². The fraction of sp³-hybridized carbons (Fsp3) is 0.318. The molecular weight excluding hydrogens is 432 g/mol. The van der Waals surface area contributed by atoms with Crippen molar-refractivity contribution in [3.05, 3.63) is 69.1 Å². The van der Waals surface area contributed by atoms with Crippen LogP contribution in [0.15, 0.2) is 41.2 Å². The van der Waals surface area contributed by atoms with Crippen LogP contribution in [-0.2, 0) is 21.4 Å². The summed E-state index contributed by atoms with van der Waals surface area (Å²) in [6.45, 7) is 8.80. The Hall–Kier alpha value is -3.40. The average Bonchev–Trinajstić information content (AvgIpc) is 2.63. The van der Waals surface area contributed by atoms with Gasteiger partial charge in [-0.25, -0.2) is 14.6 Å². The number of carbonyl (C=O) groups excluding carboxylic acids is 1. The molecular formula is C22H26N4O5S. The summed E-state index contributed by atoms with van der Waals surface area (Å²) in [5.41, 5.74) is 2.65. The fourth-order valence-corrected chi connectivity index (χ4v) is 3.89. The number of nitrogens with zero attached hydrogens (tertiary/aromatic N) is 1. The van der Waals surface area contributed by atoms with Crippen molar-refractivity contribution in [1.82, 2.24) is 14.9 Å². The minimum absolute atomic E-state index is 0.262. The largest absolute Gasteiger partial charge is 0.443 e. The molecule has 0 atom stereocenters. The van der Waals surface area contributed by atoms with Gasteiger partial charge in [0.15, 0.2) is 0 Å². The third-order valence-electron chi connectivity index (χ3n) is 4.65. The monoisotopic (exact) mass is 458 g/mol. The number of ether oxygens (including phenoxy) is 1. The minimum atomic E-state index is -4.18. The predicted molar refractivity (Wildman–Crippen MR) is 123 cm³/mol. The van der Waals surface area contributed by atoms with Gasteiger partial charge in [-0.1, -0.05) is 12.1 Å². The van der Waals surface area contributed by atoms with Crippen molar-refractivity contribution in [3.8, 4) is 0 Å². The molecule has 2 aromatic carbocycles. The van der Waals surface area contributed by atoms with Crippen LogP contribution in [0.5, 0.6) is 0 Å². The van der Waals surface area contributed by atoms with E-state index in [-0.39, 0.29) is 11.2 Å². The van der Waals surface area contributed by atoms with E-state index < -0.39 is 21.9 Å². The number of hydrogen-bond acceptors (Lipinski definition) is 6. The van der Waals surface area contributed by atoms with Gasteiger partial charge >= 0.3 is 16.3 Å². The van der Waals surface area contributed by atoms with Crippen molar-refractivity contribution < 1.29 is 17.9 Å². The van der Waals surface area contributed by atoms with Crippen molar-refractivity contribution in [2.45, 2.75) is 46.6 Å². The second-order valence-corrected chi connectivity index (χ2v) is 9.98. The van der Waals surface area contributed by atoms with Gasteiger partial charge in [-0.15, -0.1) is 0 Å². The summed E-state index contributed by atoms with van der Waals surface area (Å²) >= 11 is 0. The zero-order valence-corrected chi connectivity index (χ0v) is 19.4. The number of carbonyl (C=O) groups is 1. The normalized spacial score (nSPS) is 11.9. The Morgan fingerprint density at radius 1 is 1.09 bits per heavy atom. The van der Waals surface area contributed by atoms with E-state index in [1.165, 1.54) is 0 Å². The first-order chi connectivity index (χ1) is 14.8. The Kier molecular flexibility index (Phi) is 6.27. The summed E-state index contributed by atoms with van der Waals surface area (Å²) in [5, 5.41) is 8.02. The van der Waals surface area contributed by atoms with Gasteiger partial charge in [0.05, 0.1) is 16.8 Å². The van der Waals surface area contributed by atoms with Crippen LogP contribution in [0.3, 0.4) is 0 Å². The molecule has 0 aliphatic heterocycles. The molecule has 170 valence electrons. The number of aryl methyl sites for hydroxylation is 2. The topological polar surface area (TPSA) is 130 Å². The van der Waals surface area contributed by atoms with Gasteiger partial charge < -0.3 is 4.74 Å². The van der Waals surface area contributed by atoms with Crippen LogP contribution in [-0.4, -0.2) is 30.3 Å². The van der Waals surface area contributed by atoms with Gasteiger partial charge in [-0.2, -0.15) is 13.5 Å². The van der Waals surface area contributed by atoms with Crippen LogP contribution in [0.1, 0.15) is 43.2 Å². The number of benzene rings is 2. The first-order valence-corrected chi connectivity index (χ1v) is 11.4. The molecule has 0 saturated carbocycles. The number of amides is 1. The molecule has 3 N–H and O–H groups in total. The molecule has 1 amide bonds. The highest BCUT2D eigenvalue weighted by atomic mass is 32.2. The van der Waals surface area contributed by atoms with Gasteiger partial charge in [0.1, 0.15) is 5.60 Å². The van der Waals surface area contributed by atoms with Crippen molar-refractivity contribution in [3.63, 3.8) is 0 Å². The molecule has 0 fully saturated rings. The van der Waals surface area contributed by atoms with Crippen molar-refractivity contribution in [2.75, 3.05) is 4.72 Å². The number of nitrogens with one attached hydrogen (secondary N) is 3. The highest BCUT2D eigenvalue weighted by Crippen LogP contribution is 2.22. The molecule has 0 bridgehead atoms. The van der Waals surface area contributed by atoms with E-state index in [0.29, 0.717) is 17.5 Å². The summed E-state index contributed by atoms with van der Waals surface area (Å²) in [4.78, 5) is 24.0. The summed E-state index contributed by atoms with van der Waals surface area (Å²) in [6.07, 6.45) is -0.707. The Labute approximate surface area is 186 Å². The predicted octanol–water partition coefficient (Wildman–Crippen LogP) is 3.31. The SMILES string of the molecule is Cc1cc2c(Cc3cccc(NS(=O)(=O)NC(=O)OC(C)(C)C)c3)n[nH]c(=O)c2cc1C. The lowest BCUT2D eigenvalue weighted by Crippen LogP contribution is -2.39. The van der Waals surface area contributed by atoms with E-state index >= 15 is 0 Å². The molecule has 0 aliphatic carbocycles. The standard InChI is InChI=1S/C22H26N4O5S/c1-13-9-17-18(10-14(13)2)20(27)24-23-19(17)12-15-7-6-8-16(11-15)25-32(29,30)26-21(28)31-22(3,4)5/h6-11,25H,12H2,1-5H3,(H,24,27)(H,26,28). The van der Waals surface area contributed by atoms with Crippen LogP contribution in [0.4, 0.5) is 10.5 Å². The Morgan fingerprint density at radius 3 is 2.41 bits per heavy atom. The molecule has 10 heteroatoms. The smallest absolute Gasteiger partial charge is 0.422 e. The Morgan fingerprint density at radius 2 is 1.75 bits per heavy atom. The number of aromatic nitrogens is 2. The lowest BCUT2D eigenvalue weighted by molar-refractivity contribution is 0.0570. The summed E-state index contributed by atoms with van der Waals surface area (Å²) in [7, 11) is -4.18. The number of hydrogen-bond donors (Lipinski definition) is 3. The molecule has 3 aromatic rings. The number of H-pyrrole nitrogens is 1. The molecule has 1 aromatic heterocycles. The molecule has 0 aliphatic rings. The maximum atomic E-state index is 12.3. The van der Waals surface area contributed by atoms with E-state index in [1.54, 1.807) is 39.0 Å². The number of rotatable bonds is 5. The molecule has 1 heterocycles. The summed E-state index contributed by atoms with van der Waals surface area (Å²) in [6, 6.07) is 10.5. The second kappa shape index (κ2) is 8.62. The third kappa shape index (κ3) is 5.85. The Bertz CT molecular complexity index is 1340. The fourth-order valence-electron chi connectivity index (χ4n) is 3.14. The zero-order valence-electron chi connectivity index (χ0n) is 18.6. The molecule has 0 spiro atoms. The maximum Gasteiger partial charge on any atom is 0.422 e. The molecule has 32 heavy (non-hydrogen) atoms. The van der Waals surface area contributed by atoms with Crippen LogP contribution in [0.2, 0.25) is 0 Å². The van der Waals surface area contributed by atoms with Gasteiger partial charge in [-0.05, 0) is 75.6 Å². The Balaban J connectivity index is 1.83. The highest BCUT2D eigenvalue weighted by molar-refractivity contribution is 7.91. The molecule has 0 saturated heterocycles.